The molecule has 0 aliphatic carbocycles. The van der Waals surface area contributed by atoms with E-state index in [0.29, 0.717) is 5.57 Å². The highest BCUT2D eigenvalue weighted by atomic mass is 16.5. The molecular weight excluding hydrogens is 328 g/mol. The second-order valence-corrected chi connectivity index (χ2v) is 6.44. The Bertz CT molecular complexity index is 875. The Labute approximate surface area is 152 Å². The van der Waals surface area contributed by atoms with E-state index >= 15 is 0 Å². The molecule has 0 amide bonds. The first-order valence-electron chi connectivity index (χ1n) is 8.49. The van der Waals surface area contributed by atoms with Crippen molar-refractivity contribution in [1.82, 2.24) is 10.9 Å². The van der Waals surface area contributed by atoms with Gasteiger partial charge >= 0.3 is 0 Å². The number of fused-ring (bicyclic) bond motifs is 1. The average Bonchev–Trinajstić information content (AvgIpc) is 3.10. The van der Waals surface area contributed by atoms with Crippen molar-refractivity contribution in [2.45, 2.75) is 18.2 Å². The van der Waals surface area contributed by atoms with Crippen molar-refractivity contribution in [3.63, 3.8) is 0 Å². The molecule has 0 saturated carbocycles. The van der Waals surface area contributed by atoms with Crippen LogP contribution in [0.3, 0.4) is 0 Å². The Kier molecular flexibility index (Phi) is 4.25. The van der Waals surface area contributed by atoms with Crippen LogP contribution in [0, 0.1) is 17.2 Å². The second-order valence-electron chi connectivity index (χ2n) is 6.44. The lowest BCUT2D eigenvalue weighted by Crippen LogP contribution is -2.40. The summed E-state index contributed by atoms with van der Waals surface area (Å²) >= 11 is 0. The molecule has 0 bridgehead atoms. The van der Waals surface area contributed by atoms with E-state index in [4.69, 9.17) is 15.2 Å². The molecule has 132 valence electrons. The van der Waals surface area contributed by atoms with Gasteiger partial charge < -0.3 is 15.2 Å². The van der Waals surface area contributed by atoms with Crippen molar-refractivity contribution in [3.05, 3.63) is 77.2 Å². The van der Waals surface area contributed by atoms with Crippen LogP contribution in [-0.2, 0) is 4.74 Å². The van der Waals surface area contributed by atoms with Gasteiger partial charge in [0.05, 0.1) is 18.7 Å². The first kappa shape index (κ1) is 16.5. The highest BCUT2D eigenvalue weighted by molar-refractivity contribution is 5.44. The molecule has 2 aromatic carbocycles. The predicted molar refractivity (Wildman–Crippen MR) is 96.4 cm³/mol. The first-order valence-corrected chi connectivity index (χ1v) is 8.49. The molecule has 4 atom stereocenters. The lowest BCUT2D eigenvalue weighted by atomic mass is 9.74. The summed E-state index contributed by atoms with van der Waals surface area (Å²) in [5.41, 5.74) is 15.1. The van der Waals surface area contributed by atoms with Crippen LogP contribution < -0.4 is 21.3 Å². The predicted octanol–water partition coefficient (Wildman–Crippen LogP) is 2.29. The number of hydrazine groups is 1. The van der Waals surface area contributed by atoms with Gasteiger partial charge in [0.25, 0.3) is 0 Å². The lowest BCUT2D eigenvalue weighted by Gasteiger charge is -2.36. The molecule has 4 rings (SSSR count). The highest BCUT2D eigenvalue weighted by Gasteiger charge is 2.49. The van der Waals surface area contributed by atoms with Gasteiger partial charge in [-0.25, -0.2) is 10.9 Å². The van der Waals surface area contributed by atoms with Gasteiger partial charge in [0.1, 0.15) is 11.8 Å². The summed E-state index contributed by atoms with van der Waals surface area (Å²) in [6.45, 7) is 0. The van der Waals surface area contributed by atoms with Gasteiger partial charge in [-0.3, -0.25) is 0 Å². The van der Waals surface area contributed by atoms with Crippen LogP contribution in [0.5, 0.6) is 5.75 Å². The summed E-state index contributed by atoms with van der Waals surface area (Å²) in [5, 5.41) is 9.76. The highest BCUT2D eigenvalue weighted by Crippen LogP contribution is 2.47. The van der Waals surface area contributed by atoms with Crippen LogP contribution in [0.2, 0.25) is 0 Å². The minimum atomic E-state index is -0.325. The summed E-state index contributed by atoms with van der Waals surface area (Å²) in [7, 11) is 1.63. The van der Waals surface area contributed by atoms with Crippen molar-refractivity contribution in [1.29, 1.82) is 5.26 Å². The molecule has 2 aliphatic heterocycles. The monoisotopic (exact) mass is 348 g/mol. The van der Waals surface area contributed by atoms with Gasteiger partial charge in [-0.2, -0.15) is 5.26 Å². The number of hydrogen-bond acceptors (Lipinski definition) is 6. The maximum Gasteiger partial charge on any atom is 0.200 e. The maximum atomic E-state index is 9.76. The molecule has 1 saturated heterocycles. The van der Waals surface area contributed by atoms with E-state index in [0.717, 1.165) is 16.9 Å². The molecule has 2 aromatic rings. The summed E-state index contributed by atoms with van der Waals surface area (Å²) in [6.07, 6.45) is -0.325. The Balaban J connectivity index is 1.83. The number of benzene rings is 2. The molecule has 2 heterocycles. The number of nitrogens with zero attached hydrogens (tertiary/aromatic N) is 1. The minimum Gasteiger partial charge on any atom is -0.497 e. The van der Waals surface area contributed by atoms with Crippen LogP contribution in [-0.4, -0.2) is 13.3 Å². The topological polar surface area (TPSA) is 92.3 Å². The smallest absolute Gasteiger partial charge is 0.200 e. The van der Waals surface area contributed by atoms with Crippen molar-refractivity contribution < 1.29 is 9.47 Å². The average molecular weight is 348 g/mol. The number of allylic oxidation sites excluding steroid dienone is 1. The third kappa shape index (κ3) is 2.68. The number of methoxy groups -OCH3 is 1. The van der Waals surface area contributed by atoms with Gasteiger partial charge in [0.2, 0.25) is 5.88 Å². The summed E-state index contributed by atoms with van der Waals surface area (Å²) in [4.78, 5) is 0. The normalized spacial score (nSPS) is 27.4. The van der Waals surface area contributed by atoms with E-state index < -0.39 is 0 Å². The number of rotatable bonds is 3. The molecule has 6 heteroatoms. The van der Waals surface area contributed by atoms with Gasteiger partial charge in [-0.1, -0.05) is 42.5 Å². The zero-order chi connectivity index (χ0) is 18.1. The van der Waals surface area contributed by atoms with E-state index in [1.54, 1.807) is 7.11 Å². The van der Waals surface area contributed by atoms with Gasteiger partial charge in [0, 0.05) is 11.8 Å². The molecule has 4 N–H and O–H groups in total. The molecule has 0 radical (unpaired) electrons. The Morgan fingerprint density at radius 3 is 2.58 bits per heavy atom. The number of nitriles is 1. The molecule has 2 aliphatic rings. The van der Waals surface area contributed by atoms with E-state index in [9.17, 15) is 5.26 Å². The van der Waals surface area contributed by atoms with Gasteiger partial charge in [0.15, 0.2) is 6.23 Å². The molecule has 0 spiro atoms. The summed E-state index contributed by atoms with van der Waals surface area (Å²) in [5.74, 6) is 0.675. The van der Waals surface area contributed by atoms with Crippen LogP contribution >= 0.6 is 0 Å². The Hall–Kier alpha value is -3.01. The number of nitrogens with two attached hydrogens (primary N) is 1. The number of hydrogen-bond donors (Lipinski definition) is 3. The van der Waals surface area contributed by atoms with Gasteiger partial charge in [-0.05, 0) is 23.3 Å². The third-order valence-electron chi connectivity index (χ3n) is 5.06. The van der Waals surface area contributed by atoms with Crippen LogP contribution in [0.15, 0.2) is 66.1 Å². The zero-order valence-corrected chi connectivity index (χ0v) is 14.3. The Morgan fingerprint density at radius 2 is 1.85 bits per heavy atom. The fraction of sp³-hybridized carbons (Fsp3) is 0.250. The number of ether oxygens (including phenoxy) is 2. The molecule has 4 unspecified atom stereocenters. The van der Waals surface area contributed by atoms with E-state index in [1.165, 1.54) is 0 Å². The SMILES string of the molecule is COc1cccc(C2C(C#N)=C(N)OC3NNC(c4ccccc4)C32)c1. The number of nitrogens with one attached hydrogen (secondary N) is 2. The van der Waals surface area contributed by atoms with Crippen molar-refractivity contribution in [2.24, 2.45) is 11.7 Å². The van der Waals surface area contributed by atoms with Crippen molar-refractivity contribution in [3.8, 4) is 11.8 Å². The molecule has 6 nitrogen and oxygen atoms in total. The third-order valence-corrected chi connectivity index (χ3v) is 5.06. The van der Waals surface area contributed by atoms with Crippen molar-refractivity contribution >= 4 is 0 Å². The molecule has 0 aromatic heterocycles. The fourth-order valence-electron chi connectivity index (χ4n) is 3.87. The van der Waals surface area contributed by atoms with Crippen LogP contribution in [0.1, 0.15) is 23.1 Å². The van der Waals surface area contributed by atoms with Gasteiger partial charge in [-0.15, -0.1) is 0 Å². The fourth-order valence-corrected chi connectivity index (χ4v) is 3.87. The molecule has 1 fully saturated rings. The van der Waals surface area contributed by atoms with E-state index in [2.05, 4.69) is 29.1 Å². The largest absolute Gasteiger partial charge is 0.497 e. The second kappa shape index (κ2) is 6.71. The maximum absolute atomic E-state index is 9.76. The summed E-state index contributed by atoms with van der Waals surface area (Å²) in [6, 6.07) is 20.1. The van der Waals surface area contributed by atoms with E-state index in [1.807, 2.05) is 42.5 Å². The van der Waals surface area contributed by atoms with E-state index in [-0.39, 0.29) is 30.0 Å². The molecular formula is C20H20N4O2. The minimum absolute atomic E-state index is 0.0196. The Morgan fingerprint density at radius 1 is 1.08 bits per heavy atom. The quantitative estimate of drug-likeness (QED) is 0.788. The molecule has 26 heavy (non-hydrogen) atoms. The summed E-state index contributed by atoms with van der Waals surface area (Å²) < 4.78 is 11.2. The van der Waals surface area contributed by atoms with Crippen LogP contribution in [0.25, 0.3) is 0 Å². The standard InChI is InChI=1S/C20H20N4O2/c1-25-14-9-5-8-13(10-14)16-15(11-21)19(22)26-20-17(16)18(23-24-20)12-6-3-2-4-7-12/h2-10,16-18,20,23-24H,22H2,1H3. The lowest BCUT2D eigenvalue weighted by molar-refractivity contribution is 0.0340. The van der Waals surface area contributed by atoms with Crippen molar-refractivity contribution in [2.75, 3.05) is 7.11 Å². The van der Waals surface area contributed by atoms with Crippen LogP contribution in [0.4, 0.5) is 0 Å². The zero-order valence-electron chi connectivity index (χ0n) is 14.3. The first-order chi connectivity index (χ1) is 12.7.